The molecule has 0 aliphatic carbocycles. The third-order valence-corrected chi connectivity index (χ3v) is 4.09. The Morgan fingerprint density at radius 1 is 0.962 bits per heavy atom. The molecule has 0 saturated heterocycles. The lowest BCUT2D eigenvalue weighted by molar-refractivity contribution is 0.0946. The van der Waals surface area contributed by atoms with Crippen LogP contribution in [-0.4, -0.2) is 15.9 Å². The van der Waals surface area contributed by atoms with Gasteiger partial charge in [-0.05, 0) is 43.5 Å². The molecule has 3 aromatic rings. The zero-order chi connectivity index (χ0) is 18.5. The van der Waals surface area contributed by atoms with Crippen LogP contribution in [0.1, 0.15) is 32.7 Å². The molecule has 0 aliphatic heterocycles. The quantitative estimate of drug-likeness (QED) is 0.731. The summed E-state index contributed by atoms with van der Waals surface area (Å²) >= 11 is 0. The van der Waals surface area contributed by atoms with Crippen molar-refractivity contribution in [3.63, 3.8) is 0 Å². The highest BCUT2D eigenvalue weighted by Gasteiger charge is 2.09. The van der Waals surface area contributed by atoms with Crippen LogP contribution < -0.4 is 10.6 Å². The van der Waals surface area contributed by atoms with E-state index in [0.717, 1.165) is 22.4 Å². The van der Waals surface area contributed by atoms with Crippen molar-refractivity contribution < 1.29 is 4.79 Å². The number of amides is 1. The number of carbonyl (C=O) groups is 1. The van der Waals surface area contributed by atoms with E-state index in [1.54, 1.807) is 6.07 Å². The number of aryl methyl sites for hydroxylation is 3. The fourth-order valence-corrected chi connectivity index (χ4v) is 2.65. The molecule has 5 nitrogen and oxygen atoms in total. The van der Waals surface area contributed by atoms with Gasteiger partial charge in [0.25, 0.3) is 5.91 Å². The van der Waals surface area contributed by atoms with Gasteiger partial charge >= 0.3 is 0 Å². The van der Waals surface area contributed by atoms with E-state index in [1.165, 1.54) is 11.9 Å². The number of hydrogen-bond donors (Lipinski definition) is 2. The highest BCUT2D eigenvalue weighted by atomic mass is 16.1. The van der Waals surface area contributed by atoms with E-state index in [2.05, 4.69) is 32.7 Å². The molecule has 26 heavy (non-hydrogen) atoms. The van der Waals surface area contributed by atoms with Crippen LogP contribution in [0.25, 0.3) is 0 Å². The molecule has 1 heterocycles. The van der Waals surface area contributed by atoms with Gasteiger partial charge in [0.2, 0.25) is 0 Å². The standard InChI is InChI=1S/C21H22N4O/c1-14-5-4-6-17(9-14)12-22-21(26)19-11-20(24-13-23-19)25-18-10-15(2)7-8-16(18)3/h4-11,13H,12H2,1-3H3,(H,22,26)(H,23,24,25). The maximum atomic E-state index is 12.4. The highest BCUT2D eigenvalue weighted by Crippen LogP contribution is 2.20. The van der Waals surface area contributed by atoms with Gasteiger partial charge in [-0.15, -0.1) is 0 Å². The smallest absolute Gasteiger partial charge is 0.270 e. The lowest BCUT2D eigenvalue weighted by atomic mass is 10.1. The normalized spacial score (nSPS) is 10.4. The molecule has 0 bridgehead atoms. The van der Waals surface area contributed by atoms with Gasteiger partial charge in [-0.2, -0.15) is 0 Å². The largest absolute Gasteiger partial charge is 0.347 e. The second-order valence-corrected chi connectivity index (χ2v) is 6.40. The molecule has 0 saturated carbocycles. The summed E-state index contributed by atoms with van der Waals surface area (Å²) in [5, 5.41) is 6.16. The number of nitrogens with zero attached hydrogens (tertiary/aromatic N) is 2. The van der Waals surface area contributed by atoms with Gasteiger partial charge in [0, 0.05) is 18.3 Å². The molecule has 1 amide bonds. The summed E-state index contributed by atoms with van der Waals surface area (Å²) in [6, 6.07) is 15.9. The van der Waals surface area contributed by atoms with Gasteiger partial charge in [-0.25, -0.2) is 9.97 Å². The topological polar surface area (TPSA) is 66.9 Å². The maximum absolute atomic E-state index is 12.4. The van der Waals surface area contributed by atoms with Crippen LogP contribution in [0.2, 0.25) is 0 Å². The molecule has 3 rings (SSSR count). The van der Waals surface area contributed by atoms with E-state index < -0.39 is 0 Å². The third-order valence-electron chi connectivity index (χ3n) is 4.09. The molecule has 0 radical (unpaired) electrons. The van der Waals surface area contributed by atoms with Crippen molar-refractivity contribution in [1.29, 1.82) is 0 Å². The monoisotopic (exact) mass is 346 g/mol. The van der Waals surface area contributed by atoms with E-state index in [9.17, 15) is 4.79 Å². The Labute approximate surface area is 153 Å². The minimum Gasteiger partial charge on any atom is -0.347 e. The summed E-state index contributed by atoms with van der Waals surface area (Å²) in [5.74, 6) is 0.368. The summed E-state index contributed by atoms with van der Waals surface area (Å²) in [6.45, 7) is 6.55. The van der Waals surface area contributed by atoms with Gasteiger partial charge in [0.15, 0.2) is 0 Å². The van der Waals surface area contributed by atoms with Crippen molar-refractivity contribution in [2.24, 2.45) is 0 Å². The summed E-state index contributed by atoms with van der Waals surface area (Å²) in [7, 11) is 0. The average molecular weight is 346 g/mol. The lowest BCUT2D eigenvalue weighted by Gasteiger charge is -2.11. The molecule has 0 atom stereocenters. The van der Waals surface area contributed by atoms with E-state index in [4.69, 9.17) is 0 Å². The average Bonchev–Trinajstić information content (AvgIpc) is 2.63. The first-order chi connectivity index (χ1) is 12.5. The number of benzene rings is 2. The Hall–Kier alpha value is -3.21. The zero-order valence-electron chi connectivity index (χ0n) is 15.2. The van der Waals surface area contributed by atoms with Crippen molar-refractivity contribution in [3.05, 3.63) is 82.8 Å². The first-order valence-electron chi connectivity index (χ1n) is 8.51. The van der Waals surface area contributed by atoms with Crippen LogP contribution >= 0.6 is 0 Å². The summed E-state index contributed by atoms with van der Waals surface area (Å²) in [6.07, 6.45) is 1.40. The third kappa shape index (κ3) is 4.45. The fraction of sp³-hybridized carbons (Fsp3) is 0.190. The van der Waals surface area contributed by atoms with Gasteiger partial charge < -0.3 is 10.6 Å². The summed E-state index contributed by atoms with van der Waals surface area (Å²) in [4.78, 5) is 20.7. The molecular formula is C21H22N4O. The van der Waals surface area contributed by atoms with Gasteiger partial charge in [0.05, 0.1) is 0 Å². The Kier molecular flexibility index (Phi) is 5.27. The number of aromatic nitrogens is 2. The predicted molar refractivity (Wildman–Crippen MR) is 104 cm³/mol. The van der Waals surface area contributed by atoms with Crippen molar-refractivity contribution in [2.75, 3.05) is 5.32 Å². The van der Waals surface area contributed by atoms with Crippen LogP contribution in [0, 0.1) is 20.8 Å². The second kappa shape index (κ2) is 7.78. The van der Waals surface area contributed by atoms with Crippen molar-refractivity contribution >= 4 is 17.4 Å². The van der Waals surface area contributed by atoms with Gasteiger partial charge in [-0.3, -0.25) is 4.79 Å². The van der Waals surface area contributed by atoms with Crippen molar-refractivity contribution in [2.45, 2.75) is 27.3 Å². The molecule has 132 valence electrons. The molecule has 1 aromatic heterocycles. The second-order valence-electron chi connectivity index (χ2n) is 6.40. The molecule has 0 spiro atoms. The van der Waals surface area contributed by atoms with E-state index in [1.807, 2.05) is 51.1 Å². The Morgan fingerprint density at radius 2 is 1.77 bits per heavy atom. The van der Waals surface area contributed by atoms with Gasteiger partial charge in [-0.1, -0.05) is 42.0 Å². The predicted octanol–water partition coefficient (Wildman–Crippen LogP) is 4.08. The summed E-state index contributed by atoms with van der Waals surface area (Å²) in [5.41, 5.74) is 5.79. The number of hydrogen-bond acceptors (Lipinski definition) is 4. The van der Waals surface area contributed by atoms with Crippen LogP contribution in [-0.2, 0) is 6.54 Å². The van der Waals surface area contributed by atoms with Gasteiger partial charge in [0.1, 0.15) is 17.8 Å². The van der Waals surface area contributed by atoms with E-state index in [-0.39, 0.29) is 5.91 Å². The number of rotatable bonds is 5. The van der Waals surface area contributed by atoms with Crippen LogP contribution in [0.15, 0.2) is 54.9 Å². The molecule has 0 fully saturated rings. The minimum atomic E-state index is -0.224. The zero-order valence-corrected chi connectivity index (χ0v) is 15.2. The molecule has 0 unspecified atom stereocenters. The highest BCUT2D eigenvalue weighted by molar-refractivity contribution is 5.92. The summed E-state index contributed by atoms with van der Waals surface area (Å²) < 4.78 is 0. The first kappa shape index (κ1) is 17.6. The van der Waals surface area contributed by atoms with Crippen molar-refractivity contribution in [3.8, 4) is 0 Å². The van der Waals surface area contributed by atoms with Crippen LogP contribution in [0.3, 0.4) is 0 Å². The lowest BCUT2D eigenvalue weighted by Crippen LogP contribution is -2.24. The number of anilines is 2. The SMILES string of the molecule is Cc1cccc(CNC(=O)c2cc(Nc3cc(C)ccc3C)ncn2)c1. The fourth-order valence-electron chi connectivity index (χ4n) is 2.65. The molecule has 2 aromatic carbocycles. The van der Waals surface area contributed by atoms with E-state index in [0.29, 0.717) is 18.1 Å². The van der Waals surface area contributed by atoms with Crippen LogP contribution in [0.5, 0.6) is 0 Å². The molecule has 5 heteroatoms. The maximum Gasteiger partial charge on any atom is 0.270 e. The minimum absolute atomic E-state index is 0.224. The van der Waals surface area contributed by atoms with Crippen molar-refractivity contribution in [1.82, 2.24) is 15.3 Å². The Morgan fingerprint density at radius 3 is 2.58 bits per heavy atom. The first-order valence-corrected chi connectivity index (χ1v) is 8.51. The Balaban J connectivity index is 1.70. The molecule has 0 aliphatic rings. The van der Waals surface area contributed by atoms with E-state index >= 15 is 0 Å². The molecular weight excluding hydrogens is 324 g/mol. The van der Waals surface area contributed by atoms with Crippen LogP contribution in [0.4, 0.5) is 11.5 Å². The Bertz CT molecular complexity index is 937. The molecule has 2 N–H and O–H groups in total. The number of carbonyl (C=O) groups excluding carboxylic acids is 1. The number of nitrogens with one attached hydrogen (secondary N) is 2.